The average Bonchev–Trinajstić information content (AvgIpc) is 3.39. The molecule has 2 heterocycles. The molecule has 1 aromatic heterocycles. The van der Waals surface area contributed by atoms with E-state index in [1.807, 2.05) is 12.1 Å². The standard InChI is InChI=1S/C22H23N3O8S/c1-22(2,25-34(3,29)30)19(21(27)24-28)23-20(26)13-6-4-12(5-7-13)15-8-14-9-17-18(32-11-31-17)10-16(14)33-15/h4-10,19,25,28H,11H2,1-3H3,(H,23,26)(H,24,27)/t19-/m1/s1. The third-order valence-electron chi connectivity index (χ3n) is 5.26. The summed E-state index contributed by atoms with van der Waals surface area (Å²) in [5, 5.41) is 12.4. The maximum Gasteiger partial charge on any atom is 0.267 e. The number of fused-ring (bicyclic) bond motifs is 2. The van der Waals surface area contributed by atoms with Gasteiger partial charge in [-0.15, -0.1) is 0 Å². The largest absolute Gasteiger partial charge is 0.456 e. The molecule has 11 nitrogen and oxygen atoms in total. The minimum atomic E-state index is -3.71. The van der Waals surface area contributed by atoms with E-state index in [-0.39, 0.29) is 12.4 Å². The van der Waals surface area contributed by atoms with Crippen molar-refractivity contribution in [2.45, 2.75) is 25.4 Å². The van der Waals surface area contributed by atoms with E-state index >= 15 is 0 Å². The zero-order valence-electron chi connectivity index (χ0n) is 18.5. The van der Waals surface area contributed by atoms with Crippen LogP contribution in [0, 0.1) is 0 Å². The lowest BCUT2D eigenvalue weighted by atomic mass is 9.94. The highest BCUT2D eigenvalue weighted by molar-refractivity contribution is 7.88. The Labute approximate surface area is 195 Å². The van der Waals surface area contributed by atoms with Gasteiger partial charge in [0, 0.05) is 22.6 Å². The van der Waals surface area contributed by atoms with Crippen molar-refractivity contribution < 1.29 is 37.1 Å². The molecule has 0 fully saturated rings. The van der Waals surface area contributed by atoms with E-state index in [4.69, 9.17) is 19.1 Å². The van der Waals surface area contributed by atoms with Gasteiger partial charge >= 0.3 is 0 Å². The maximum absolute atomic E-state index is 12.8. The van der Waals surface area contributed by atoms with E-state index in [0.717, 1.165) is 11.6 Å². The number of carbonyl (C=O) groups excluding carboxylic acids is 2. The van der Waals surface area contributed by atoms with Crippen LogP contribution >= 0.6 is 0 Å². The van der Waals surface area contributed by atoms with Gasteiger partial charge in [-0.1, -0.05) is 12.1 Å². The summed E-state index contributed by atoms with van der Waals surface area (Å²) in [4.78, 5) is 25.0. The number of furan rings is 1. The Hall–Kier alpha value is -3.61. The second kappa shape index (κ2) is 8.63. The van der Waals surface area contributed by atoms with E-state index in [9.17, 15) is 18.0 Å². The Balaban J connectivity index is 1.54. The minimum Gasteiger partial charge on any atom is -0.456 e. The van der Waals surface area contributed by atoms with Crippen LogP contribution in [0.2, 0.25) is 0 Å². The molecular weight excluding hydrogens is 466 g/mol. The second-order valence-electron chi connectivity index (χ2n) is 8.41. The first-order valence-corrected chi connectivity index (χ1v) is 12.0. The monoisotopic (exact) mass is 489 g/mol. The molecule has 0 saturated carbocycles. The van der Waals surface area contributed by atoms with Crippen molar-refractivity contribution in [3.05, 3.63) is 48.0 Å². The second-order valence-corrected chi connectivity index (χ2v) is 10.2. The van der Waals surface area contributed by atoms with E-state index in [2.05, 4.69) is 10.0 Å². The topological polar surface area (TPSA) is 156 Å². The maximum atomic E-state index is 12.8. The van der Waals surface area contributed by atoms with Crippen molar-refractivity contribution in [3.63, 3.8) is 0 Å². The number of benzene rings is 2. The van der Waals surface area contributed by atoms with Gasteiger partial charge in [-0.2, -0.15) is 0 Å². The summed E-state index contributed by atoms with van der Waals surface area (Å²) >= 11 is 0. The molecule has 0 unspecified atom stereocenters. The van der Waals surface area contributed by atoms with Gasteiger partial charge in [-0.05, 0) is 38.1 Å². The highest BCUT2D eigenvalue weighted by Gasteiger charge is 2.38. The van der Waals surface area contributed by atoms with Crippen LogP contribution in [0.15, 0.2) is 46.9 Å². The first-order valence-electron chi connectivity index (χ1n) is 10.1. The van der Waals surface area contributed by atoms with Crippen LogP contribution in [0.4, 0.5) is 0 Å². The molecule has 2 amide bonds. The molecule has 34 heavy (non-hydrogen) atoms. The van der Waals surface area contributed by atoms with Crippen LogP contribution in [0.5, 0.6) is 11.5 Å². The molecule has 1 atom stereocenters. The summed E-state index contributed by atoms with van der Waals surface area (Å²) in [7, 11) is -3.71. The quantitative estimate of drug-likeness (QED) is 0.289. The number of carbonyl (C=O) groups is 2. The zero-order valence-corrected chi connectivity index (χ0v) is 19.4. The summed E-state index contributed by atoms with van der Waals surface area (Å²) in [5.74, 6) is 0.200. The number of ether oxygens (including phenoxy) is 2. The van der Waals surface area contributed by atoms with Crippen molar-refractivity contribution in [1.82, 2.24) is 15.5 Å². The molecule has 12 heteroatoms. The SMILES string of the molecule is CC(C)(NS(C)(=O)=O)[C@H](NC(=O)c1ccc(-c2cc3cc4c(cc3o2)OCO4)cc1)C(=O)NO. The molecule has 0 saturated heterocycles. The first-order chi connectivity index (χ1) is 16.0. The van der Waals surface area contributed by atoms with Gasteiger partial charge in [-0.3, -0.25) is 14.8 Å². The van der Waals surface area contributed by atoms with Gasteiger partial charge in [0.1, 0.15) is 17.4 Å². The van der Waals surface area contributed by atoms with Crippen molar-refractivity contribution in [2.75, 3.05) is 13.0 Å². The lowest BCUT2D eigenvalue weighted by Gasteiger charge is -2.33. The number of hydroxylamine groups is 1. The predicted molar refractivity (Wildman–Crippen MR) is 121 cm³/mol. The van der Waals surface area contributed by atoms with Crippen LogP contribution in [-0.2, 0) is 14.8 Å². The number of sulfonamides is 1. The molecule has 4 rings (SSSR count). The Morgan fingerprint density at radius 3 is 2.32 bits per heavy atom. The average molecular weight is 490 g/mol. The Kier molecular flexibility index (Phi) is 5.98. The molecule has 180 valence electrons. The molecule has 1 aliphatic rings. The minimum absolute atomic E-state index is 0.167. The van der Waals surface area contributed by atoms with Gasteiger partial charge in [-0.25, -0.2) is 18.6 Å². The van der Waals surface area contributed by atoms with Crippen LogP contribution in [0.1, 0.15) is 24.2 Å². The molecule has 0 bridgehead atoms. The van der Waals surface area contributed by atoms with Crippen LogP contribution in [0.3, 0.4) is 0 Å². The van der Waals surface area contributed by atoms with Gasteiger partial charge < -0.3 is 19.2 Å². The number of amides is 2. The Bertz CT molecular complexity index is 1320. The predicted octanol–water partition coefficient (Wildman–Crippen LogP) is 1.76. The lowest BCUT2D eigenvalue weighted by Crippen LogP contribution is -2.64. The van der Waals surface area contributed by atoms with Gasteiger partial charge in [0.05, 0.1) is 11.8 Å². The Morgan fingerprint density at radius 1 is 1.06 bits per heavy atom. The fourth-order valence-electron chi connectivity index (χ4n) is 3.75. The fraction of sp³-hybridized carbons (Fsp3) is 0.273. The third kappa shape index (κ3) is 4.83. The van der Waals surface area contributed by atoms with Crippen molar-refractivity contribution >= 4 is 32.8 Å². The molecule has 1 aliphatic heterocycles. The molecule has 4 N–H and O–H groups in total. The molecule has 0 aliphatic carbocycles. The highest BCUT2D eigenvalue weighted by atomic mass is 32.2. The number of rotatable bonds is 7. The van der Waals surface area contributed by atoms with Crippen molar-refractivity contribution in [2.24, 2.45) is 0 Å². The first kappa shape index (κ1) is 23.5. The lowest BCUT2D eigenvalue weighted by molar-refractivity contribution is -0.132. The molecule has 0 spiro atoms. The Morgan fingerprint density at radius 2 is 1.71 bits per heavy atom. The van der Waals surface area contributed by atoms with Gasteiger partial charge in [0.25, 0.3) is 11.8 Å². The fourth-order valence-corrected chi connectivity index (χ4v) is 4.82. The van der Waals surface area contributed by atoms with E-state index in [0.29, 0.717) is 28.4 Å². The zero-order chi connectivity index (χ0) is 24.7. The van der Waals surface area contributed by atoms with Crippen molar-refractivity contribution in [3.8, 4) is 22.8 Å². The van der Waals surface area contributed by atoms with Gasteiger partial charge in [0.15, 0.2) is 11.5 Å². The normalized spacial score (nSPS) is 14.1. The van der Waals surface area contributed by atoms with Gasteiger partial charge in [0.2, 0.25) is 16.8 Å². The summed E-state index contributed by atoms with van der Waals surface area (Å²) < 4.78 is 42.3. The summed E-state index contributed by atoms with van der Waals surface area (Å²) in [5.41, 5.74) is 1.57. The molecular formula is C22H23N3O8S. The summed E-state index contributed by atoms with van der Waals surface area (Å²) in [6.07, 6.45) is 0.926. The van der Waals surface area contributed by atoms with Crippen molar-refractivity contribution in [1.29, 1.82) is 0 Å². The van der Waals surface area contributed by atoms with E-state index in [1.165, 1.54) is 31.5 Å². The number of hydrogen-bond donors (Lipinski definition) is 4. The van der Waals surface area contributed by atoms with E-state index in [1.54, 1.807) is 18.2 Å². The molecule has 0 radical (unpaired) electrons. The molecule has 3 aromatic rings. The summed E-state index contributed by atoms with van der Waals surface area (Å²) in [6, 6.07) is 10.4. The van der Waals surface area contributed by atoms with Crippen LogP contribution < -0.4 is 25.0 Å². The van der Waals surface area contributed by atoms with Crippen LogP contribution in [0.25, 0.3) is 22.3 Å². The molecule has 2 aromatic carbocycles. The smallest absolute Gasteiger partial charge is 0.267 e. The van der Waals surface area contributed by atoms with E-state index < -0.39 is 33.4 Å². The number of hydrogen-bond acceptors (Lipinski definition) is 8. The highest BCUT2D eigenvalue weighted by Crippen LogP contribution is 2.38. The summed E-state index contributed by atoms with van der Waals surface area (Å²) in [6.45, 7) is 2.98. The third-order valence-corrected chi connectivity index (χ3v) is 6.16. The number of nitrogens with one attached hydrogen (secondary N) is 3. The van der Waals surface area contributed by atoms with Crippen LogP contribution in [-0.4, -0.2) is 50.1 Å².